The molecule has 0 bridgehead atoms. The van der Waals surface area contributed by atoms with Crippen LogP contribution in [0.4, 0.5) is 0 Å². The van der Waals surface area contributed by atoms with Crippen LogP contribution in [0, 0.1) is 5.92 Å². The maximum Gasteiger partial charge on any atom is 0.213 e. The number of aliphatic imine (C=N–C) groups is 1. The smallest absolute Gasteiger partial charge is 0.213 e. The van der Waals surface area contributed by atoms with Crippen LogP contribution >= 0.6 is 24.0 Å². The minimum Gasteiger partial charge on any atom is -0.481 e. The van der Waals surface area contributed by atoms with E-state index >= 15 is 0 Å². The van der Waals surface area contributed by atoms with Crippen molar-refractivity contribution in [1.29, 1.82) is 0 Å². The van der Waals surface area contributed by atoms with Crippen LogP contribution in [0.15, 0.2) is 23.3 Å². The van der Waals surface area contributed by atoms with Gasteiger partial charge in [0.05, 0.1) is 13.7 Å². The Morgan fingerprint density at radius 2 is 2.18 bits per heavy atom. The molecule has 1 N–H and O–H groups in total. The second kappa shape index (κ2) is 9.86. The predicted molar refractivity (Wildman–Crippen MR) is 101 cm³/mol. The van der Waals surface area contributed by atoms with Crippen LogP contribution in [-0.2, 0) is 6.54 Å². The molecule has 22 heavy (non-hydrogen) atoms. The van der Waals surface area contributed by atoms with Gasteiger partial charge in [-0.05, 0) is 37.3 Å². The molecule has 0 aliphatic carbocycles. The van der Waals surface area contributed by atoms with E-state index in [1.54, 1.807) is 13.3 Å². The Morgan fingerprint density at radius 3 is 2.82 bits per heavy atom. The van der Waals surface area contributed by atoms with Crippen LogP contribution in [0.1, 0.15) is 32.3 Å². The Balaban J connectivity index is 0.00000242. The highest BCUT2D eigenvalue weighted by Crippen LogP contribution is 2.16. The van der Waals surface area contributed by atoms with Crippen molar-refractivity contribution < 1.29 is 4.74 Å². The topological polar surface area (TPSA) is 49.8 Å². The SMILES string of the molecule is CCNC(=NCc1ccnc(OC)c1)N1CCC(C)CC1.I. The molecule has 1 aromatic heterocycles. The summed E-state index contributed by atoms with van der Waals surface area (Å²) in [6.07, 6.45) is 4.25. The van der Waals surface area contributed by atoms with Crippen molar-refractivity contribution in [1.82, 2.24) is 15.2 Å². The number of halogens is 1. The second-order valence-electron chi connectivity index (χ2n) is 5.55. The Kier molecular flexibility index (Phi) is 8.52. The van der Waals surface area contributed by atoms with Crippen molar-refractivity contribution in [3.05, 3.63) is 23.9 Å². The van der Waals surface area contributed by atoms with Gasteiger partial charge in [0.1, 0.15) is 0 Å². The third kappa shape index (κ3) is 5.62. The van der Waals surface area contributed by atoms with Crippen molar-refractivity contribution in [2.24, 2.45) is 10.9 Å². The summed E-state index contributed by atoms with van der Waals surface area (Å²) in [5, 5.41) is 3.40. The van der Waals surface area contributed by atoms with E-state index in [1.807, 2.05) is 12.1 Å². The number of aromatic nitrogens is 1. The van der Waals surface area contributed by atoms with Gasteiger partial charge in [-0.25, -0.2) is 9.98 Å². The molecule has 2 rings (SSSR count). The molecule has 0 saturated carbocycles. The van der Waals surface area contributed by atoms with Crippen LogP contribution in [0.5, 0.6) is 5.88 Å². The quantitative estimate of drug-likeness (QED) is 0.464. The fraction of sp³-hybridized carbons (Fsp3) is 0.625. The third-order valence-corrected chi connectivity index (χ3v) is 3.84. The number of likely N-dealkylation sites (tertiary alicyclic amines) is 1. The lowest BCUT2D eigenvalue weighted by Gasteiger charge is -2.33. The Morgan fingerprint density at radius 1 is 1.45 bits per heavy atom. The fourth-order valence-corrected chi connectivity index (χ4v) is 2.47. The summed E-state index contributed by atoms with van der Waals surface area (Å²) >= 11 is 0. The highest BCUT2D eigenvalue weighted by molar-refractivity contribution is 14.0. The first-order chi connectivity index (χ1) is 10.2. The van der Waals surface area contributed by atoms with E-state index in [0.29, 0.717) is 12.4 Å². The van der Waals surface area contributed by atoms with E-state index in [9.17, 15) is 0 Å². The van der Waals surface area contributed by atoms with Gasteiger partial charge in [-0.1, -0.05) is 6.92 Å². The van der Waals surface area contributed by atoms with Gasteiger partial charge in [-0.2, -0.15) is 0 Å². The van der Waals surface area contributed by atoms with Gasteiger partial charge in [0.2, 0.25) is 5.88 Å². The number of nitrogens with zero attached hydrogens (tertiary/aromatic N) is 3. The number of rotatable bonds is 4. The zero-order valence-electron chi connectivity index (χ0n) is 13.7. The fourth-order valence-electron chi connectivity index (χ4n) is 2.47. The molecule has 0 spiro atoms. The number of hydrogen-bond donors (Lipinski definition) is 1. The second-order valence-corrected chi connectivity index (χ2v) is 5.55. The van der Waals surface area contributed by atoms with Gasteiger partial charge in [0.15, 0.2) is 5.96 Å². The summed E-state index contributed by atoms with van der Waals surface area (Å²) in [6, 6.07) is 3.92. The standard InChI is InChI=1S/C16H26N4O.HI/c1-4-17-16(20-9-6-13(2)7-10-20)19-12-14-5-8-18-15(11-14)21-3;/h5,8,11,13H,4,6-7,9-10,12H2,1-3H3,(H,17,19);1H. The summed E-state index contributed by atoms with van der Waals surface area (Å²) in [5.74, 6) is 2.48. The largest absolute Gasteiger partial charge is 0.481 e. The van der Waals surface area contributed by atoms with E-state index in [1.165, 1.54) is 12.8 Å². The van der Waals surface area contributed by atoms with E-state index in [2.05, 4.69) is 29.0 Å². The number of ether oxygens (including phenoxy) is 1. The van der Waals surface area contributed by atoms with Crippen molar-refractivity contribution in [2.45, 2.75) is 33.2 Å². The zero-order chi connectivity index (χ0) is 15.1. The van der Waals surface area contributed by atoms with Crippen molar-refractivity contribution in [3.8, 4) is 5.88 Å². The van der Waals surface area contributed by atoms with Crippen LogP contribution in [0.3, 0.4) is 0 Å². The molecule has 0 aromatic carbocycles. The van der Waals surface area contributed by atoms with Crippen molar-refractivity contribution in [3.63, 3.8) is 0 Å². The number of guanidine groups is 1. The summed E-state index contributed by atoms with van der Waals surface area (Å²) in [5.41, 5.74) is 1.11. The zero-order valence-corrected chi connectivity index (χ0v) is 16.0. The molecule has 1 aliphatic heterocycles. The summed E-state index contributed by atoms with van der Waals surface area (Å²) in [4.78, 5) is 11.2. The van der Waals surface area contributed by atoms with Crippen LogP contribution in [0.25, 0.3) is 0 Å². The van der Waals surface area contributed by atoms with Crippen LogP contribution < -0.4 is 10.1 Å². The van der Waals surface area contributed by atoms with Gasteiger partial charge in [0, 0.05) is 31.9 Å². The molecule has 1 aromatic rings. The summed E-state index contributed by atoms with van der Waals surface area (Å²) in [7, 11) is 1.63. The Hall–Kier alpha value is -1.05. The highest BCUT2D eigenvalue weighted by atomic mass is 127. The highest BCUT2D eigenvalue weighted by Gasteiger charge is 2.18. The van der Waals surface area contributed by atoms with Crippen molar-refractivity contribution >= 4 is 29.9 Å². The number of methoxy groups -OCH3 is 1. The number of pyridine rings is 1. The lowest BCUT2D eigenvalue weighted by Crippen LogP contribution is -2.45. The molecule has 6 heteroatoms. The summed E-state index contributed by atoms with van der Waals surface area (Å²) < 4.78 is 5.15. The van der Waals surface area contributed by atoms with Gasteiger partial charge in [-0.3, -0.25) is 0 Å². The van der Waals surface area contributed by atoms with Crippen LogP contribution in [-0.4, -0.2) is 42.6 Å². The normalized spacial score (nSPS) is 16.1. The molecule has 0 unspecified atom stereocenters. The molecule has 0 radical (unpaired) electrons. The molecule has 2 heterocycles. The average Bonchev–Trinajstić information content (AvgIpc) is 2.52. The minimum absolute atomic E-state index is 0. The number of nitrogens with one attached hydrogen (secondary N) is 1. The van der Waals surface area contributed by atoms with Gasteiger partial charge < -0.3 is 15.0 Å². The Bertz CT molecular complexity index is 473. The van der Waals surface area contributed by atoms with Gasteiger partial charge in [-0.15, -0.1) is 24.0 Å². The molecule has 1 saturated heterocycles. The first-order valence-electron chi connectivity index (χ1n) is 7.75. The lowest BCUT2D eigenvalue weighted by molar-refractivity contribution is 0.273. The van der Waals surface area contributed by atoms with E-state index in [-0.39, 0.29) is 24.0 Å². The molecule has 0 amide bonds. The van der Waals surface area contributed by atoms with Crippen LogP contribution in [0.2, 0.25) is 0 Å². The minimum atomic E-state index is 0. The third-order valence-electron chi connectivity index (χ3n) is 3.84. The lowest BCUT2D eigenvalue weighted by atomic mass is 10.00. The van der Waals surface area contributed by atoms with Gasteiger partial charge >= 0.3 is 0 Å². The average molecular weight is 418 g/mol. The first kappa shape index (κ1) is 19.0. The predicted octanol–water partition coefficient (Wildman–Crippen LogP) is 2.91. The Labute approximate surface area is 150 Å². The molecule has 0 atom stereocenters. The van der Waals surface area contributed by atoms with Gasteiger partial charge in [0.25, 0.3) is 0 Å². The number of hydrogen-bond acceptors (Lipinski definition) is 3. The first-order valence-corrected chi connectivity index (χ1v) is 7.75. The molecule has 1 fully saturated rings. The number of piperidine rings is 1. The molecular weight excluding hydrogens is 391 g/mol. The summed E-state index contributed by atoms with van der Waals surface area (Å²) in [6.45, 7) is 8.15. The molecular formula is C16H27IN4O. The molecule has 1 aliphatic rings. The molecule has 124 valence electrons. The monoisotopic (exact) mass is 418 g/mol. The van der Waals surface area contributed by atoms with Crippen molar-refractivity contribution in [2.75, 3.05) is 26.7 Å². The van der Waals surface area contributed by atoms with E-state index in [4.69, 9.17) is 9.73 Å². The maximum atomic E-state index is 5.15. The van der Waals surface area contributed by atoms with E-state index in [0.717, 1.165) is 37.1 Å². The van der Waals surface area contributed by atoms with E-state index < -0.39 is 0 Å². The molecule has 5 nitrogen and oxygen atoms in total. The maximum absolute atomic E-state index is 5.15.